The molecule has 0 unspecified atom stereocenters. The van der Waals surface area contributed by atoms with Gasteiger partial charge in [0.15, 0.2) is 0 Å². The highest BCUT2D eigenvalue weighted by atomic mass is 32.1. The van der Waals surface area contributed by atoms with E-state index in [1.165, 1.54) is 6.20 Å². The van der Waals surface area contributed by atoms with Crippen molar-refractivity contribution in [3.8, 4) is 0 Å². The van der Waals surface area contributed by atoms with Gasteiger partial charge in [-0.15, -0.1) is 0 Å². The fourth-order valence-corrected chi connectivity index (χ4v) is 0.987. The number of ether oxygens (including phenoxy) is 1. The summed E-state index contributed by atoms with van der Waals surface area (Å²) >= 11 is 1.02. The zero-order valence-corrected chi connectivity index (χ0v) is 6.93. The summed E-state index contributed by atoms with van der Waals surface area (Å²) in [7, 11) is 0. The third-order valence-corrected chi connectivity index (χ3v) is 1.56. The number of carbonyl (C=O) groups excluding carboxylic acids is 1. The van der Waals surface area contributed by atoms with Gasteiger partial charge in [0.1, 0.15) is 12.3 Å². The molecule has 0 saturated carbocycles. The zero-order chi connectivity index (χ0) is 8.10. The highest BCUT2D eigenvalue weighted by molar-refractivity contribution is 6.99. The van der Waals surface area contributed by atoms with Gasteiger partial charge in [-0.2, -0.15) is 8.75 Å². The maximum atomic E-state index is 11.0. The van der Waals surface area contributed by atoms with E-state index in [-0.39, 0.29) is 12.4 Å². The first kappa shape index (κ1) is 8.29. The normalized spacial score (nSPS) is 9.91. The average Bonchev–Trinajstić information content (AvgIpc) is 2.52. The summed E-state index contributed by atoms with van der Waals surface area (Å²) in [6.45, 7) is 2.48. The highest BCUT2D eigenvalue weighted by Crippen LogP contribution is 1.96. The third kappa shape index (κ3) is 2.36. The van der Waals surface area contributed by atoms with Crippen LogP contribution in [-0.4, -0.2) is 27.7 Å². The summed E-state index contributed by atoms with van der Waals surface area (Å²) in [5.41, 5.74) is 0.392. The Balaban J connectivity index is 2.43. The van der Waals surface area contributed by atoms with Crippen molar-refractivity contribution in [1.82, 2.24) is 8.75 Å². The minimum absolute atomic E-state index is 0.0991. The van der Waals surface area contributed by atoms with Crippen LogP contribution in [0.2, 0.25) is 0 Å². The molecule has 0 aromatic carbocycles. The van der Waals surface area contributed by atoms with Crippen LogP contribution < -0.4 is 0 Å². The standard InChI is InChI=1S/C6H8N2O2S/c1-2-10-4-6(9)5-3-7-11-8-5/h3H,2,4H2,1H3. The number of carbonyl (C=O) groups is 1. The highest BCUT2D eigenvalue weighted by Gasteiger charge is 2.07. The molecule has 4 nitrogen and oxygen atoms in total. The quantitative estimate of drug-likeness (QED) is 0.629. The van der Waals surface area contributed by atoms with Gasteiger partial charge >= 0.3 is 0 Å². The number of hydrogen-bond acceptors (Lipinski definition) is 5. The Kier molecular flexibility index (Phi) is 3.13. The molecule has 0 N–H and O–H groups in total. The third-order valence-electron chi connectivity index (χ3n) is 1.08. The van der Waals surface area contributed by atoms with E-state index in [2.05, 4.69) is 8.75 Å². The molecule has 0 radical (unpaired) electrons. The summed E-state index contributed by atoms with van der Waals surface area (Å²) < 4.78 is 12.4. The van der Waals surface area contributed by atoms with Crippen LogP contribution in [0.5, 0.6) is 0 Å². The first-order valence-corrected chi connectivity index (χ1v) is 3.96. The Morgan fingerprint density at radius 3 is 3.18 bits per heavy atom. The summed E-state index contributed by atoms with van der Waals surface area (Å²) in [5.74, 6) is -0.111. The van der Waals surface area contributed by atoms with Crippen molar-refractivity contribution >= 4 is 17.5 Å². The van der Waals surface area contributed by atoms with Gasteiger partial charge in [-0.25, -0.2) is 0 Å². The first-order valence-electron chi connectivity index (χ1n) is 3.23. The SMILES string of the molecule is CCOCC(=O)c1cnsn1. The van der Waals surface area contributed by atoms with Gasteiger partial charge in [0.2, 0.25) is 5.78 Å². The summed E-state index contributed by atoms with van der Waals surface area (Å²) in [6, 6.07) is 0. The summed E-state index contributed by atoms with van der Waals surface area (Å²) in [4.78, 5) is 11.0. The fraction of sp³-hybridized carbons (Fsp3) is 0.500. The maximum Gasteiger partial charge on any atom is 0.209 e. The lowest BCUT2D eigenvalue weighted by atomic mass is 10.3. The van der Waals surface area contributed by atoms with Crippen molar-refractivity contribution in [2.75, 3.05) is 13.2 Å². The number of aromatic nitrogens is 2. The Bertz CT molecular complexity index is 222. The second kappa shape index (κ2) is 4.15. The van der Waals surface area contributed by atoms with Crippen LogP contribution in [0.15, 0.2) is 6.20 Å². The van der Waals surface area contributed by atoms with Crippen LogP contribution in [0.4, 0.5) is 0 Å². The molecule has 11 heavy (non-hydrogen) atoms. The van der Waals surface area contributed by atoms with Crippen molar-refractivity contribution in [2.24, 2.45) is 0 Å². The smallest absolute Gasteiger partial charge is 0.209 e. The van der Waals surface area contributed by atoms with Crippen LogP contribution in [-0.2, 0) is 4.74 Å². The second-order valence-corrected chi connectivity index (χ2v) is 2.41. The molecule has 0 aliphatic carbocycles. The molecule has 0 saturated heterocycles. The monoisotopic (exact) mass is 172 g/mol. The molecule has 1 aromatic heterocycles. The van der Waals surface area contributed by atoms with Gasteiger partial charge < -0.3 is 4.74 Å². The molecule has 0 atom stereocenters. The van der Waals surface area contributed by atoms with Crippen LogP contribution in [0.3, 0.4) is 0 Å². The number of rotatable bonds is 4. The molecule has 0 aliphatic rings. The molecule has 0 bridgehead atoms. The molecule has 5 heteroatoms. The van der Waals surface area contributed by atoms with E-state index in [4.69, 9.17) is 4.74 Å². The van der Waals surface area contributed by atoms with Crippen LogP contribution in [0.25, 0.3) is 0 Å². The molecular formula is C6H8N2O2S. The molecule has 1 rings (SSSR count). The second-order valence-electron chi connectivity index (χ2n) is 1.85. The number of Topliss-reactive ketones (excluding diaryl/α,β-unsaturated/α-hetero) is 1. The van der Waals surface area contributed by atoms with Gasteiger partial charge in [0.05, 0.1) is 17.9 Å². The topological polar surface area (TPSA) is 52.1 Å². The molecule has 0 fully saturated rings. The van der Waals surface area contributed by atoms with Crippen LogP contribution in [0.1, 0.15) is 17.4 Å². The zero-order valence-electron chi connectivity index (χ0n) is 6.11. The fourth-order valence-electron chi connectivity index (χ4n) is 0.556. The minimum atomic E-state index is -0.111. The Labute approximate surface area is 68.5 Å². The van der Waals surface area contributed by atoms with E-state index in [1.54, 1.807) is 0 Å². The van der Waals surface area contributed by atoms with Crippen molar-refractivity contribution in [3.63, 3.8) is 0 Å². The molecular weight excluding hydrogens is 164 g/mol. The van der Waals surface area contributed by atoms with E-state index < -0.39 is 0 Å². The van der Waals surface area contributed by atoms with Gasteiger partial charge in [0, 0.05) is 6.61 Å². The predicted molar refractivity (Wildman–Crippen MR) is 40.7 cm³/mol. The lowest BCUT2D eigenvalue weighted by Gasteiger charge is -1.95. The Morgan fingerprint density at radius 2 is 2.64 bits per heavy atom. The molecule has 0 aliphatic heterocycles. The van der Waals surface area contributed by atoms with Crippen molar-refractivity contribution in [2.45, 2.75) is 6.92 Å². The van der Waals surface area contributed by atoms with E-state index in [0.29, 0.717) is 12.3 Å². The lowest BCUT2D eigenvalue weighted by Crippen LogP contribution is -2.08. The van der Waals surface area contributed by atoms with Crippen molar-refractivity contribution < 1.29 is 9.53 Å². The minimum Gasteiger partial charge on any atom is -0.374 e. The van der Waals surface area contributed by atoms with Crippen molar-refractivity contribution in [1.29, 1.82) is 0 Å². The lowest BCUT2D eigenvalue weighted by molar-refractivity contribution is 0.0779. The molecule has 1 heterocycles. The van der Waals surface area contributed by atoms with Gasteiger partial charge in [0.25, 0.3) is 0 Å². The van der Waals surface area contributed by atoms with Crippen LogP contribution in [0, 0.1) is 0 Å². The van der Waals surface area contributed by atoms with Crippen molar-refractivity contribution in [3.05, 3.63) is 11.9 Å². The Morgan fingerprint density at radius 1 is 1.82 bits per heavy atom. The molecule has 60 valence electrons. The average molecular weight is 172 g/mol. The largest absolute Gasteiger partial charge is 0.374 e. The van der Waals surface area contributed by atoms with E-state index in [0.717, 1.165) is 11.7 Å². The molecule has 0 amide bonds. The van der Waals surface area contributed by atoms with Crippen LogP contribution >= 0.6 is 11.7 Å². The molecule has 0 spiro atoms. The van der Waals surface area contributed by atoms with Gasteiger partial charge in [-0.3, -0.25) is 4.79 Å². The number of nitrogens with zero attached hydrogens (tertiary/aromatic N) is 2. The first-order chi connectivity index (χ1) is 5.34. The number of ketones is 1. The Hall–Kier alpha value is -0.810. The number of hydrogen-bond donors (Lipinski definition) is 0. The summed E-state index contributed by atoms with van der Waals surface area (Å²) in [6.07, 6.45) is 1.45. The summed E-state index contributed by atoms with van der Waals surface area (Å²) in [5, 5.41) is 0. The van der Waals surface area contributed by atoms with Gasteiger partial charge in [-0.1, -0.05) is 0 Å². The van der Waals surface area contributed by atoms with E-state index in [9.17, 15) is 4.79 Å². The molecule has 1 aromatic rings. The maximum absolute atomic E-state index is 11.0. The van der Waals surface area contributed by atoms with Gasteiger partial charge in [-0.05, 0) is 6.92 Å². The van der Waals surface area contributed by atoms with E-state index >= 15 is 0 Å². The predicted octanol–water partition coefficient (Wildman–Crippen LogP) is 0.757. The van der Waals surface area contributed by atoms with E-state index in [1.807, 2.05) is 6.92 Å².